The van der Waals surface area contributed by atoms with Crippen molar-refractivity contribution in [1.82, 2.24) is 10.3 Å². The first-order valence-corrected chi connectivity index (χ1v) is 14.7. The highest BCUT2D eigenvalue weighted by Gasteiger charge is 2.44. The monoisotopic (exact) mass is 530 g/mol. The first-order valence-electron chi connectivity index (χ1n) is 13.0. The van der Waals surface area contributed by atoms with E-state index in [1.54, 1.807) is 13.8 Å². The molecule has 1 N–H and O–H groups in total. The van der Waals surface area contributed by atoms with Gasteiger partial charge in [0.2, 0.25) is 5.88 Å². The molecule has 0 aliphatic heterocycles. The number of nitrogens with one attached hydrogen (secondary N) is 1. The second-order valence-electron chi connectivity index (χ2n) is 11.5. The Balaban J connectivity index is 1.48. The lowest BCUT2D eigenvalue weighted by Gasteiger charge is -2.40. The molecule has 3 aliphatic rings. The van der Waals surface area contributed by atoms with Gasteiger partial charge < -0.3 is 10.1 Å². The number of halogens is 3. The summed E-state index contributed by atoms with van der Waals surface area (Å²) in [6.45, 7) is 5.15. The lowest BCUT2D eigenvalue weighted by atomic mass is 9.70. The summed E-state index contributed by atoms with van der Waals surface area (Å²) >= 11 is 0. The molecule has 1 heterocycles. The SMILES string of the molecule is Cc1cc(C(F)(F)F)nc(OC(C)C)c1C(=O)NC[C@]1(CC2CC2)CC[C@H](S(=O)(=O)CC2CC2)CC1. The van der Waals surface area contributed by atoms with Crippen molar-refractivity contribution in [2.24, 2.45) is 17.3 Å². The van der Waals surface area contributed by atoms with E-state index in [1.165, 1.54) is 6.92 Å². The van der Waals surface area contributed by atoms with Crippen LogP contribution in [-0.2, 0) is 16.0 Å². The van der Waals surface area contributed by atoms with E-state index in [2.05, 4.69) is 10.3 Å². The van der Waals surface area contributed by atoms with Crippen molar-refractivity contribution in [2.75, 3.05) is 12.3 Å². The molecule has 6 nitrogen and oxygen atoms in total. The molecular weight excluding hydrogens is 493 g/mol. The summed E-state index contributed by atoms with van der Waals surface area (Å²) < 4.78 is 71.1. The Morgan fingerprint density at radius 1 is 1.14 bits per heavy atom. The molecule has 3 saturated carbocycles. The quantitative estimate of drug-likeness (QED) is 0.433. The molecule has 4 rings (SSSR count). The Labute approximate surface area is 211 Å². The Hall–Kier alpha value is -1.84. The lowest BCUT2D eigenvalue weighted by molar-refractivity contribution is -0.141. The van der Waals surface area contributed by atoms with Crippen LogP contribution in [-0.4, -0.2) is 43.0 Å². The number of nitrogens with zero attached hydrogens (tertiary/aromatic N) is 1. The van der Waals surface area contributed by atoms with Gasteiger partial charge in [-0.15, -0.1) is 0 Å². The van der Waals surface area contributed by atoms with Gasteiger partial charge >= 0.3 is 6.18 Å². The van der Waals surface area contributed by atoms with Crippen LogP contribution in [0.5, 0.6) is 5.88 Å². The number of hydrogen-bond donors (Lipinski definition) is 1. The van der Waals surface area contributed by atoms with E-state index in [1.807, 2.05) is 0 Å². The van der Waals surface area contributed by atoms with Gasteiger partial charge in [0.15, 0.2) is 9.84 Å². The molecule has 3 fully saturated rings. The van der Waals surface area contributed by atoms with Crippen LogP contribution in [0.2, 0.25) is 0 Å². The molecule has 1 aromatic heterocycles. The molecular formula is C26H37F3N2O4S. The van der Waals surface area contributed by atoms with Crippen molar-refractivity contribution in [3.05, 3.63) is 22.9 Å². The van der Waals surface area contributed by atoms with E-state index < -0.39 is 33.7 Å². The first-order chi connectivity index (χ1) is 16.8. The van der Waals surface area contributed by atoms with Crippen LogP contribution in [0.4, 0.5) is 13.2 Å². The van der Waals surface area contributed by atoms with Gasteiger partial charge in [-0.2, -0.15) is 13.2 Å². The summed E-state index contributed by atoms with van der Waals surface area (Å²) in [6.07, 6.45) is 2.76. The molecule has 1 amide bonds. The normalized spacial score (nSPS) is 25.1. The minimum atomic E-state index is -4.65. The van der Waals surface area contributed by atoms with Gasteiger partial charge in [-0.3, -0.25) is 4.79 Å². The van der Waals surface area contributed by atoms with Crippen molar-refractivity contribution < 1.29 is 31.1 Å². The Morgan fingerprint density at radius 2 is 1.75 bits per heavy atom. The zero-order chi connectivity index (χ0) is 26.3. The minimum absolute atomic E-state index is 0.0129. The van der Waals surface area contributed by atoms with Crippen LogP contribution in [0.1, 0.15) is 93.3 Å². The molecule has 0 saturated heterocycles. The van der Waals surface area contributed by atoms with E-state index in [9.17, 15) is 26.4 Å². The summed E-state index contributed by atoms with van der Waals surface area (Å²) in [6, 6.07) is 0.873. The van der Waals surface area contributed by atoms with Crippen LogP contribution in [0.15, 0.2) is 6.07 Å². The van der Waals surface area contributed by atoms with Crippen LogP contribution in [0.3, 0.4) is 0 Å². The van der Waals surface area contributed by atoms with Crippen molar-refractivity contribution in [1.29, 1.82) is 0 Å². The molecule has 202 valence electrons. The molecule has 0 bridgehead atoms. The van der Waals surface area contributed by atoms with Crippen LogP contribution in [0.25, 0.3) is 0 Å². The predicted octanol–water partition coefficient (Wildman–Crippen LogP) is 5.48. The summed E-state index contributed by atoms with van der Waals surface area (Å²) in [5, 5.41) is 2.65. The molecule has 0 atom stereocenters. The molecule has 10 heteroatoms. The van der Waals surface area contributed by atoms with Gasteiger partial charge in [-0.05, 0) is 94.6 Å². The second-order valence-corrected chi connectivity index (χ2v) is 13.8. The molecule has 3 aliphatic carbocycles. The third-order valence-corrected chi connectivity index (χ3v) is 10.2. The number of hydrogen-bond acceptors (Lipinski definition) is 5. The van der Waals surface area contributed by atoms with Gasteiger partial charge in [-0.25, -0.2) is 13.4 Å². The molecule has 36 heavy (non-hydrogen) atoms. The summed E-state index contributed by atoms with van der Waals surface area (Å²) in [7, 11) is -3.10. The van der Waals surface area contributed by atoms with Crippen LogP contribution >= 0.6 is 0 Å². The van der Waals surface area contributed by atoms with Gasteiger partial charge in [0.25, 0.3) is 5.91 Å². The number of aromatic nitrogens is 1. The van der Waals surface area contributed by atoms with Crippen molar-refractivity contribution >= 4 is 15.7 Å². The number of carbonyl (C=O) groups is 1. The number of carbonyl (C=O) groups excluding carboxylic acids is 1. The Kier molecular flexibility index (Phi) is 7.66. The smallest absolute Gasteiger partial charge is 0.433 e. The number of pyridine rings is 1. The van der Waals surface area contributed by atoms with Crippen molar-refractivity contribution in [2.45, 2.75) is 96.1 Å². The zero-order valence-corrected chi connectivity index (χ0v) is 22.1. The van der Waals surface area contributed by atoms with Gasteiger partial charge in [0, 0.05) is 6.54 Å². The van der Waals surface area contributed by atoms with Gasteiger partial charge in [0.1, 0.15) is 11.3 Å². The third kappa shape index (κ3) is 6.72. The fraction of sp³-hybridized carbons (Fsp3) is 0.769. The van der Waals surface area contributed by atoms with E-state index in [-0.39, 0.29) is 27.7 Å². The molecule has 1 aromatic rings. The Morgan fingerprint density at radius 3 is 2.28 bits per heavy atom. The lowest BCUT2D eigenvalue weighted by Crippen LogP contribution is -2.43. The number of alkyl halides is 3. The minimum Gasteiger partial charge on any atom is -0.474 e. The van der Waals surface area contributed by atoms with E-state index in [0.29, 0.717) is 37.0 Å². The zero-order valence-electron chi connectivity index (χ0n) is 21.3. The average molecular weight is 531 g/mol. The average Bonchev–Trinajstić information content (AvgIpc) is 3.69. The predicted molar refractivity (Wildman–Crippen MR) is 131 cm³/mol. The number of aryl methyl sites for hydroxylation is 1. The summed E-state index contributed by atoms with van der Waals surface area (Å²) in [4.78, 5) is 16.9. The molecule has 0 radical (unpaired) electrons. The molecule has 0 aromatic carbocycles. The van der Waals surface area contributed by atoms with Crippen molar-refractivity contribution in [3.8, 4) is 5.88 Å². The number of amides is 1. The highest BCUT2D eigenvalue weighted by molar-refractivity contribution is 7.92. The number of ether oxygens (including phenoxy) is 1. The molecule has 0 unspecified atom stereocenters. The van der Waals surface area contributed by atoms with Crippen molar-refractivity contribution in [3.63, 3.8) is 0 Å². The highest BCUT2D eigenvalue weighted by atomic mass is 32.2. The van der Waals surface area contributed by atoms with Gasteiger partial charge in [0.05, 0.1) is 17.1 Å². The van der Waals surface area contributed by atoms with Crippen LogP contribution < -0.4 is 10.1 Å². The van der Waals surface area contributed by atoms with E-state index >= 15 is 0 Å². The molecule has 0 spiro atoms. The largest absolute Gasteiger partial charge is 0.474 e. The Bertz CT molecular complexity index is 1070. The van der Waals surface area contributed by atoms with E-state index in [4.69, 9.17) is 4.74 Å². The third-order valence-electron chi connectivity index (χ3n) is 7.76. The fourth-order valence-corrected chi connectivity index (χ4v) is 7.65. The van der Waals surface area contributed by atoms with Crippen LogP contribution in [0, 0.1) is 24.2 Å². The maximum atomic E-state index is 13.3. The standard InChI is InChI=1S/C26H37F3N2O4S/c1-16(2)35-24-22(17(3)12-21(31-24)26(27,28)29)23(32)30-15-25(13-18-4-5-18)10-8-20(9-11-25)36(33,34)14-19-6-7-19/h12,16,18-20H,4-11,13-15H2,1-3H3,(H,30,32)/t20-,25+. The summed E-state index contributed by atoms with van der Waals surface area (Å²) in [5.74, 6) is 0.387. The first kappa shape index (κ1) is 27.2. The number of rotatable bonds is 10. The summed E-state index contributed by atoms with van der Waals surface area (Å²) in [5.41, 5.74) is -1.13. The van der Waals surface area contributed by atoms with Gasteiger partial charge in [-0.1, -0.05) is 12.8 Å². The second kappa shape index (κ2) is 10.1. The maximum Gasteiger partial charge on any atom is 0.433 e. The fourth-order valence-electron chi connectivity index (χ4n) is 5.43. The van der Waals surface area contributed by atoms with E-state index in [0.717, 1.165) is 51.0 Å². The maximum absolute atomic E-state index is 13.3. The number of sulfone groups is 1. The highest BCUT2D eigenvalue weighted by Crippen LogP contribution is 2.49. The topological polar surface area (TPSA) is 85.4 Å².